The monoisotopic (exact) mass is 279 g/mol. The number of hydrogen-bond acceptors (Lipinski definition) is 3. The molecular weight excluding hydrogens is 258 g/mol. The van der Waals surface area contributed by atoms with Crippen LogP contribution in [0, 0.1) is 6.92 Å². The third-order valence-corrected chi connectivity index (χ3v) is 3.67. The van der Waals surface area contributed by atoms with Gasteiger partial charge in [0.15, 0.2) is 0 Å². The first-order valence-electron chi connectivity index (χ1n) is 6.44. The molecule has 19 heavy (non-hydrogen) atoms. The lowest BCUT2D eigenvalue weighted by Gasteiger charge is -2.02. The van der Waals surface area contributed by atoms with Gasteiger partial charge in [-0.25, -0.2) is 0 Å². The van der Waals surface area contributed by atoms with E-state index in [9.17, 15) is 4.79 Å². The van der Waals surface area contributed by atoms with Crippen molar-refractivity contribution in [2.75, 3.05) is 24.7 Å². The van der Waals surface area contributed by atoms with E-state index in [1.165, 1.54) is 0 Å². The molecular formula is C15H21NO2S. The second kappa shape index (κ2) is 9.64. The summed E-state index contributed by atoms with van der Waals surface area (Å²) in [6, 6.07) is 7.96. The highest BCUT2D eigenvalue weighted by Gasteiger charge is 1.96. The maximum absolute atomic E-state index is 11.6. The molecule has 0 aliphatic carbocycles. The normalized spacial score (nSPS) is 10.8. The molecule has 1 amide bonds. The summed E-state index contributed by atoms with van der Waals surface area (Å²) in [6.45, 7) is 2.92. The molecule has 0 fully saturated rings. The summed E-state index contributed by atoms with van der Waals surface area (Å²) in [5.41, 5.74) is 2.22. The molecule has 104 valence electrons. The number of thioether (sulfide) groups is 1. The van der Waals surface area contributed by atoms with Crippen LogP contribution in [0.25, 0.3) is 6.08 Å². The van der Waals surface area contributed by atoms with Crippen LogP contribution >= 0.6 is 11.8 Å². The number of benzene rings is 1. The molecule has 0 aromatic heterocycles. The molecule has 3 nitrogen and oxygen atoms in total. The van der Waals surface area contributed by atoms with E-state index < -0.39 is 0 Å². The zero-order valence-corrected chi connectivity index (χ0v) is 12.1. The van der Waals surface area contributed by atoms with Crippen molar-refractivity contribution >= 4 is 23.7 Å². The molecule has 1 aromatic rings. The highest BCUT2D eigenvalue weighted by Crippen LogP contribution is 2.08. The number of carbonyl (C=O) groups is 1. The molecule has 0 saturated heterocycles. The number of amides is 1. The van der Waals surface area contributed by atoms with Gasteiger partial charge in [-0.3, -0.25) is 4.79 Å². The van der Waals surface area contributed by atoms with Crippen LogP contribution in [-0.2, 0) is 4.79 Å². The first-order valence-corrected chi connectivity index (χ1v) is 7.59. The Hall–Kier alpha value is -1.26. The number of aliphatic hydroxyl groups excluding tert-OH is 1. The van der Waals surface area contributed by atoms with Crippen molar-refractivity contribution in [3.63, 3.8) is 0 Å². The number of carbonyl (C=O) groups excluding carboxylic acids is 1. The van der Waals surface area contributed by atoms with E-state index in [1.807, 2.05) is 37.3 Å². The molecule has 2 N–H and O–H groups in total. The molecule has 0 heterocycles. The number of hydrogen-bond donors (Lipinski definition) is 2. The average molecular weight is 279 g/mol. The molecule has 0 saturated carbocycles. The molecule has 1 rings (SSSR count). The highest BCUT2D eigenvalue weighted by molar-refractivity contribution is 7.99. The van der Waals surface area contributed by atoms with Crippen molar-refractivity contribution < 1.29 is 9.90 Å². The van der Waals surface area contributed by atoms with Crippen molar-refractivity contribution in [3.05, 3.63) is 41.5 Å². The topological polar surface area (TPSA) is 49.3 Å². The molecule has 0 bridgehead atoms. The molecule has 0 aliphatic rings. The van der Waals surface area contributed by atoms with Crippen LogP contribution in [0.2, 0.25) is 0 Å². The van der Waals surface area contributed by atoms with Crippen molar-refractivity contribution in [3.8, 4) is 0 Å². The van der Waals surface area contributed by atoms with Crippen molar-refractivity contribution in [2.24, 2.45) is 0 Å². The minimum Gasteiger partial charge on any atom is -0.396 e. The number of rotatable bonds is 8. The Morgan fingerprint density at radius 3 is 2.89 bits per heavy atom. The second-order valence-corrected chi connectivity index (χ2v) is 5.40. The fourth-order valence-electron chi connectivity index (χ4n) is 1.51. The minimum atomic E-state index is -0.0639. The Kier molecular flexibility index (Phi) is 8.02. The standard InChI is InChI=1S/C15H21NO2S/c1-13-5-2-3-6-14(13)7-8-15(18)16-9-12-19-11-4-10-17/h2-3,5-8,17H,4,9-12H2,1H3,(H,16,18)/b8-7+. The molecule has 0 aliphatic heterocycles. The Labute approximate surface area is 119 Å². The smallest absolute Gasteiger partial charge is 0.244 e. The lowest BCUT2D eigenvalue weighted by Crippen LogP contribution is -2.23. The molecule has 0 spiro atoms. The maximum Gasteiger partial charge on any atom is 0.244 e. The van der Waals surface area contributed by atoms with Gasteiger partial charge in [0.05, 0.1) is 0 Å². The molecule has 1 aromatic carbocycles. The Balaban J connectivity index is 2.22. The van der Waals surface area contributed by atoms with Gasteiger partial charge in [-0.2, -0.15) is 11.8 Å². The predicted molar refractivity (Wildman–Crippen MR) is 82.3 cm³/mol. The summed E-state index contributed by atoms with van der Waals surface area (Å²) in [4.78, 5) is 11.6. The van der Waals surface area contributed by atoms with Gasteiger partial charge in [-0.1, -0.05) is 24.3 Å². The van der Waals surface area contributed by atoms with Crippen molar-refractivity contribution in [2.45, 2.75) is 13.3 Å². The van der Waals surface area contributed by atoms with Gasteiger partial charge >= 0.3 is 0 Å². The van der Waals surface area contributed by atoms with Crippen LogP contribution in [0.3, 0.4) is 0 Å². The quantitative estimate of drug-likeness (QED) is 0.567. The van der Waals surface area contributed by atoms with Gasteiger partial charge in [0.2, 0.25) is 5.91 Å². The van der Waals surface area contributed by atoms with Crippen LogP contribution in [-0.4, -0.2) is 35.7 Å². The van der Waals surface area contributed by atoms with Crippen LogP contribution < -0.4 is 5.32 Å². The second-order valence-electron chi connectivity index (χ2n) is 4.17. The van der Waals surface area contributed by atoms with Crippen molar-refractivity contribution in [1.82, 2.24) is 5.32 Å². The fourth-order valence-corrected chi connectivity index (χ4v) is 2.30. The number of nitrogens with one attached hydrogen (secondary N) is 1. The van der Waals surface area contributed by atoms with E-state index in [-0.39, 0.29) is 12.5 Å². The van der Waals surface area contributed by atoms with E-state index >= 15 is 0 Å². The van der Waals surface area contributed by atoms with Gasteiger partial charge in [-0.15, -0.1) is 0 Å². The summed E-state index contributed by atoms with van der Waals surface area (Å²) in [5, 5.41) is 11.5. The molecule has 0 unspecified atom stereocenters. The number of aryl methyl sites for hydroxylation is 1. The van der Waals surface area contributed by atoms with E-state index in [0.29, 0.717) is 6.54 Å². The van der Waals surface area contributed by atoms with Crippen LogP contribution in [0.4, 0.5) is 0 Å². The van der Waals surface area contributed by atoms with Gasteiger partial charge in [0, 0.05) is 25.0 Å². The molecule has 0 radical (unpaired) electrons. The van der Waals surface area contributed by atoms with Gasteiger partial charge in [0.1, 0.15) is 0 Å². The summed E-state index contributed by atoms with van der Waals surface area (Å²) >= 11 is 1.74. The maximum atomic E-state index is 11.6. The first kappa shape index (κ1) is 15.8. The average Bonchev–Trinajstić information content (AvgIpc) is 2.42. The summed E-state index contributed by atoms with van der Waals surface area (Å²) in [5.74, 6) is 1.75. The zero-order valence-electron chi connectivity index (χ0n) is 11.3. The lowest BCUT2D eigenvalue weighted by molar-refractivity contribution is -0.116. The summed E-state index contributed by atoms with van der Waals surface area (Å²) in [6.07, 6.45) is 4.22. The van der Waals surface area contributed by atoms with Crippen LogP contribution in [0.5, 0.6) is 0 Å². The predicted octanol–water partition coefficient (Wildman–Crippen LogP) is 2.24. The Bertz CT molecular complexity index is 418. The zero-order chi connectivity index (χ0) is 13.9. The van der Waals surface area contributed by atoms with E-state index in [1.54, 1.807) is 17.8 Å². The summed E-state index contributed by atoms with van der Waals surface area (Å²) < 4.78 is 0. The molecule has 4 heteroatoms. The van der Waals surface area contributed by atoms with Crippen molar-refractivity contribution in [1.29, 1.82) is 0 Å². The third kappa shape index (κ3) is 7.03. The molecule has 0 atom stereocenters. The van der Waals surface area contributed by atoms with E-state index in [2.05, 4.69) is 5.32 Å². The largest absolute Gasteiger partial charge is 0.396 e. The van der Waals surface area contributed by atoms with Crippen LogP contribution in [0.15, 0.2) is 30.3 Å². The van der Waals surface area contributed by atoms with E-state index in [4.69, 9.17) is 5.11 Å². The van der Waals surface area contributed by atoms with E-state index in [0.717, 1.165) is 29.1 Å². The first-order chi connectivity index (χ1) is 9.24. The summed E-state index contributed by atoms with van der Waals surface area (Å²) in [7, 11) is 0. The van der Waals surface area contributed by atoms with Crippen LogP contribution in [0.1, 0.15) is 17.5 Å². The Morgan fingerprint density at radius 1 is 1.37 bits per heavy atom. The minimum absolute atomic E-state index is 0.0639. The Morgan fingerprint density at radius 2 is 2.16 bits per heavy atom. The lowest BCUT2D eigenvalue weighted by atomic mass is 10.1. The highest BCUT2D eigenvalue weighted by atomic mass is 32.2. The van der Waals surface area contributed by atoms with Gasteiger partial charge in [-0.05, 0) is 36.3 Å². The number of aliphatic hydroxyl groups is 1. The van der Waals surface area contributed by atoms with Gasteiger partial charge < -0.3 is 10.4 Å². The van der Waals surface area contributed by atoms with Gasteiger partial charge in [0.25, 0.3) is 0 Å². The SMILES string of the molecule is Cc1ccccc1/C=C/C(=O)NCCSCCCO. The third-order valence-electron chi connectivity index (χ3n) is 2.60. The fraction of sp³-hybridized carbons (Fsp3) is 0.400.